The molecule has 0 aliphatic carbocycles. The maximum Gasteiger partial charge on any atom is 0.308 e. The lowest BCUT2D eigenvalue weighted by Gasteiger charge is -2.14. The number of rotatable bonds is 4. The first-order valence-corrected chi connectivity index (χ1v) is 8.93. The predicted octanol–water partition coefficient (Wildman–Crippen LogP) is 3.04. The summed E-state index contributed by atoms with van der Waals surface area (Å²) in [6.45, 7) is 1.88. The van der Waals surface area contributed by atoms with Crippen molar-refractivity contribution in [1.29, 1.82) is 0 Å². The number of esters is 1. The second-order valence-electron chi connectivity index (χ2n) is 6.46. The molecule has 0 N–H and O–H groups in total. The first-order valence-electron chi connectivity index (χ1n) is 8.93. The second kappa shape index (κ2) is 7.26. The summed E-state index contributed by atoms with van der Waals surface area (Å²) in [6, 6.07) is 15.2. The van der Waals surface area contributed by atoms with E-state index in [1.807, 2.05) is 60.0 Å². The highest BCUT2D eigenvalue weighted by molar-refractivity contribution is 6.15. The Labute approximate surface area is 162 Å². The fourth-order valence-corrected chi connectivity index (χ4v) is 3.41. The van der Waals surface area contributed by atoms with E-state index >= 15 is 0 Å². The summed E-state index contributed by atoms with van der Waals surface area (Å²) >= 11 is 0. The monoisotopic (exact) mass is 376 g/mol. The van der Waals surface area contributed by atoms with Crippen molar-refractivity contribution < 1.29 is 14.3 Å². The fraction of sp³-hybridized carbons (Fsp3) is 0.238. The molecule has 1 aliphatic heterocycles. The molecular weight excluding hydrogens is 356 g/mol. The Morgan fingerprint density at radius 2 is 1.89 bits per heavy atom. The Bertz CT molecular complexity index is 1060. The molecule has 0 spiro atoms. The van der Waals surface area contributed by atoms with Gasteiger partial charge in [-0.15, -0.1) is 10.2 Å². The van der Waals surface area contributed by atoms with Crippen molar-refractivity contribution in [3.63, 3.8) is 0 Å². The number of ether oxygens (including phenoxy) is 2. The Morgan fingerprint density at radius 3 is 2.61 bits per heavy atom. The largest absolute Gasteiger partial charge is 0.497 e. The minimum absolute atomic E-state index is 0.0795. The molecule has 28 heavy (non-hydrogen) atoms. The standard InChI is InChI=1S/C21H20N4O3/c1-13-23-24-21-17(12-19(26)28-3)22-20(14-7-5-4-6-8-14)16-11-15(27-2)9-10-18(16)25(13)21/h4-11,17H,12H2,1-3H3/t17-/m0/s1. The first-order chi connectivity index (χ1) is 13.6. The van der Waals surface area contributed by atoms with Crippen LogP contribution in [0.5, 0.6) is 5.75 Å². The van der Waals surface area contributed by atoms with Gasteiger partial charge < -0.3 is 9.47 Å². The number of hydrogen-bond donors (Lipinski definition) is 0. The Morgan fingerprint density at radius 1 is 1.11 bits per heavy atom. The minimum Gasteiger partial charge on any atom is -0.497 e. The van der Waals surface area contributed by atoms with Gasteiger partial charge in [-0.1, -0.05) is 30.3 Å². The van der Waals surface area contributed by atoms with Gasteiger partial charge in [0.25, 0.3) is 0 Å². The van der Waals surface area contributed by atoms with Crippen LogP contribution in [0.1, 0.15) is 35.2 Å². The highest BCUT2D eigenvalue weighted by Gasteiger charge is 2.30. The molecule has 0 saturated carbocycles. The number of methoxy groups -OCH3 is 2. The number of aryl methyl sites for hydroxylation is 1. The maximum absolute atomic E-state index is 12.1. The fourth-order valence-electron chi connectivity index (χ4n) is 3.41. The number of fused-ring (bicyclic) bond motifs is 3. The highest BCUT2D eigenvalue weighted by atomic mass is 16.5. The summed E-state index contributed by atoms with van der Waals surface area (Å²) in [7, 11) is 3.00. The number of aromatic nitrogens is 3. The summed E-state index contributed by atoms with van der Waals surface area (Å²) in [5, 5.41) is 8.54. The van der Waals surface area contributed by atoms with E-state index in [2.05, 4.69) is 10.2 Å². The van der Waals surface area contributed by atoms with Gasteiger partial charge in [0.15, 0.2) is 5.82 Å². The Balaban J connectivity index is 2.00. The van der Waals surface area contributed by atoms with Gasteiger partial charge in [-0.05, 0) is 25.1 Å². The number of aliphatic imine (C=N–C) groups is 1. The van der Waals surface area contributed by atoms with Crippen molar-refractivity contribution in [2.45, 2.75) is 19.4 Å². The van der Waals surface area contributed by atoms with Crippen LogP contribution in [0.2, 0.25) is 0 Å². The highest BCUT2D eigenvalue weighted by Crippen LogP contribution is 2.34. The van der Waals surface area contributed by atoms with Gasteiger partial charge in [0, 0.05) is 11.1 Å². The van der Waals surface area contributed by atoms with Gasteiger partial charge in [-0.3, -0.25) is 14.4 Å². The van der Waals surface area contributed by atoms with E-state index in [9.17, 15) is 4.79 Å². The lowest BCUT2D eigenvalue weighted by Crippen LogP contribution is -2.12. The lowest BCUT2D eigenvalue weighted by atomic mass is 10.00. The molecule has 1 aromatic heterocycles. The quantitative estimate of drug-likeness (QED) is 0.654. The van der Waals surface area contributed by atoms with Crippen molar-refractivity contribution in [1.82, 2.24) is 14.8 Å². The van der Waals surface area contributed by atoms with Crippen LogP contribution in [-0.2, 0) is 9.53 Å². The van der Waals surface area contributed by atoms with Crippen molar-refractivity contribution in [3.8, 4) is 11.4 Å². The van der Waals surface area contributed by atoms with E-state index in [0.29, 0.717) is 5.82 Å². The Kier molecular flexibility index (Phi) is 4.65. The van der Waals surface area contributed by atoms with E-state index in [-0.39, 0.29) is 12.4 Å². The van der Waals surface area contributed by atoms with Gasteiger partial charge in [0.1, 0.15) is 17.6 Å². The molecule has 1 atom stereocenters. The van der Waals surface area contributed by atoms with Gasteiger partial charge >= 0.3 is 5.97 Å². The van der Waals surface area contributed by atoms with Crippen LogP contribution in [0.25, 0.3) is 5.69 Å². The topological polar surface area (TPSA) is 78.6 Å². The molecule has 7 nitrogen and oxygen atoms in total. The average molecular weight is 376 g/mol. The van der Waals surface area contributed by atoms with Crippen LogP contribution in [0, 0.1) is 6.92 Å². The summed E-state index contributed by atoms with van der Waals surface area (Å²) < 4.78 is 12.3. The molecule has 3 aromatic rings. The van der Waals surface area contributed by atoms with Crippen molar-refractivity contribution in [2.75, 3.05) is 14.2 Å². The smallest absolute Gasteiger partial charge is 0.308 e. The molecule has 0 saturated heterocycles. The van der Waals surface area contributed by atoms with E-state index in [0.717, 1.165) is 34.1 Å². The lowest BCUT2D eigenvalue weighted by molar-refractivity contribution is -0.141. The van der Waals surface area contributed by atoms with E-state index in [1.54, 1.807) is 7.11 Å². The zero-order valence-electron chi connectivity index (χ0n) is 15.9. The first kappa shape index (κ1) is 17.9. The zero-order valence-corrected chi connectivity index (χ0v) is 15.9. The van der Waals surface area contributed by atoms with Crippen LogP contribution < -0.4 is 4.74 Å². The van der Waals surface area contributed by atoms with Gasteiger partial charge in [0.2, 0.25) is 0 Å². The number of carbonyl (C=O) groups excluding carboxylic acids is 1. The third-order valence-electron chi connectivity index (χ3n) is 4.77. The van der Waals surface area contributed by atoms with Crippen LogP contribution >= 0.6 is 0 Å². The van der Waals surface area contributed by atoms with Crippen molar-refractivity contribution in [3.05, 3.63) is 71.3 Å². The van der Waals surface area contributed by atoms with Crippen LogP contribution in [-0.4, -0.2) is 40.7 Å². The zero-order chi connectivity index (χ0) is 19.7. The summed E-state index contributed by atoms with van der Waals surface area (Å²) in [6.07, 6.45) is 0.0795. The number of benzene rings is 2. The van der Waals surface area contributed by atoms with Crippen molar-refractivity contribution >= 4 is 11.7 Å². The molecule has 7 heteroatoms. The summed E-state index contributed by atoms with van der Waals surface area (Å²) in [4.78, 5) is 17.0. The van der Waals surface area contributed by atoms with Gasteiger partial charge in [-0.25, -0.2) is 0 Å². The molecule has 1 aliphatic rings. The SMILES string of the molecule is COC(=O)C[C@@H]1N=C(c2ccccc2)c2cc(OC)ccc2-n2c(C)nnc21. The normalized spacial score (nSPS) is 15.1. The predicted molar refractivity (Wildman–Crippen MR) is 104 cm³/mol. The summed E-state index contributed by atoms with van der Waals surface area (Å²) in [5.41, 5.74) is 3.51. The van der Waals surface area contributed by atoms with Gasteiger partial charge in [-0.2, -0.15) is 0 Å². The minimum atomic E-state index is -0.512. The Hall–Kier alpha value is -3.48. The molecule has 0 unspecified atom stereocenters. The molecular formula is C21H20N4O3. The maximum atomic E-state index is 12.1. The average Bonchev–Trinajstić information content (AvgIpc) is 3.05. The van der Waals surface area contributed by atoms with Crippen LogP contribution in [0.15, 0.2) is 53.5 Å². The van der Waals surface area contributed by atoms with E-state index in [4.69, 9.17) is 14.5 Å². The molecule has 2 heterocycles. The molecule has 142 valence electrons. The third-order valence-corrected chi connectivity index (χ3v) is 4.77. The number of nitrogens with zero attached hydrogens (tertiary/aromatic N) is 4. The van der Waals surface area contributed by atoms with Crippen LogP contribution in [0.3, 0.4) is 0 Å². The van der Waals surface area contributed by atoms with Gasteiger partial charge in [0.05, 0.1) is 32.0 Å². The van der Waals surface area contributed by atoms with Crippen molar-refractivity contribution in [2.24, 2.45) is 4.99 Å². The molecule has 4 rings (SSSR count). The third kappa shape index (κ3) is 3.05. The molecule has 0 bridgehead atoms. The number of hydrogen-bond acceptors (Lipinski definition) is 6. The molecule has 0 fully saturated rings. The second-order valence-corrected chi connectivity index (χ2v) is 6.46. The van der Waals surface area contributed by atoms with E-state index < -0.39 is 6.04 Å². The molecule has 0 amide bonds. The van der Waals surface area contributed by atoms with E-state index in [1.165, 1.54) is 7.11 Å². The molecule has 2 aromatic carbocycles. The van der Waals surface area contributed by atoms with Crippen LogP contribution in [0.4, 0.5) is 0 Å². The number of carbonyl (C=O) groups is 1. The summed E-state index contributed by atoms with van der Waals surface area (Å²) in [5.74, 6) is 1.71. The molecule has 0 radical (unpaired) electrons.